The molecule has 0 aliphatic heterocycles. The van der Waals surface area contributed by atoms with E-state index < -0.39 is 0 Å². The van der Waals surface area contributed by atoms with Crippen LogP contribution in [-0.2, 0) is 11.3 Å². The van der Waals surface area contributed by atoms with Gasteiger partial charge in [0.1, 0.15) is 0 Å². The molecule has 0 atom stereocenters. The number of anilines is 1. The number of para-hydroxylation sites is 1. The third-order valence-corrected chi connectivity index (χ3v) is 3.08. The quantitative estimate of drug-likeness (QED) is 0.786. The maximum atomic E-state index is 12.1. The Morgan fingerprint density at radius 1 is 1.33 bits per heavy atom. The van der Waals surface area contributed by atoms with Gasteiger partial charge < -0.3 is 10.6 Å². The van der Waals surface area contributed by atoms with Gasteiger partial charge in [0.15, 0.2) is 0 Å². The number of carbonyl (C=O) groups excluding carboxylic acids is 1. The third-order valence-electron chi connectivity index (χ3n) is 3.08. The first kappa shape index (κ1) is 14.6. The largest absolute Gasteiger partial charge is 0.398 e. The lowest BCUT2D eigenvalue weighted by molar-refractivity contribution is -0.133. The molecular formula is C15H24N2O. The Bertz CT molecular complexity index is 388. The molecule has 0 saturated heterocycles. The fraction of sp³-hybridized carbons (Fsp3) is 0.533. The average molecular weight is 248 g/mol. The number of nitrogens with two attached hydrogens (primary N) is 1. The maximum Gasteiger partial charge on any atom is 0.223 e. The van der Waals surface area contributed by atoms with Crippen molar-refractivity contribution in [1.82, 2.24) is 4.90 Å². The number of nitrogen functional groups attached to an aromatic ring is 1. The number of unbranched alkanes of at least 4 members (excludes halogenated alkanes) is 1. The third kappa shape index (κ3) is 4.06. The summed E-state index contributed by atoms with van der Waals surface area (Å²) in [4.78, 5) is 14.0. The monoisotopic (exact) mass is 248 g/mol. The molecule has 1 aromatic rings. The molecule has 1 aromatic carbocycles. The van der Waals surface area contributed by atoms with Crippen LogP contribution in [0.1, 0.15) is 45.6 Å². The van der Waals surface area contributed by atoms with Gasteiger partial charge in [0.2, 0.25) is 5.91 Å². The number of rotatable bonds is 6. The predicted molar refractivity (Wildman–Crippen MR) is 76.1 cm³/mol. The van der Waals surface area contributed by atoms with E-state index in [9.17, 15) is 4.79 Å². The minimum atomic E-state index is 0.203. The van der Waals surface area contributed by atoms with Crippen molar-refractivity contribution >= 4 is 11.6 Å². The van der Waals surface area contributed by atoms with E-state index in [1.807, 2.05) is 43.0 Å². The number of hydrogen-bond donors (Lipinski definition) is 1. The number of carbonyl (C=O) groups is 1. The van der Waals surface area contributed by atoms with Crippen molar-refractivity contribution in [2.45, 2.75) is 52.6 Å². The first-order valence-corrected chi connectivity index (χ1v) is 6.69. The molecule has 0 saturated carbocycles. The fourth-order valence-electron chi connectivity index (χ4n) is 1.89. The lowest BCUT2D eigenvalue weighted by Gasteiger charge is -2.27. The minimum absolute atomic E-state index is 0.203. The summed E-state index contributed by atoms with van der Waals surface area (Å²) in [6, 6.07) is 7.94. The second kappa shape index (κ2) is 7.04. The van der Waals surface area contributed by atoms with Crippen LogP contribution in [0.15, 0.2) is 24.3 Å². The van der Waals surface area contributed by atoms with Crippen LogP contribution in [0.25, 0.3) is 0 Å². The normalized spacial score (nSPS) is 10.7. The Kier molecular flexibility index (Phi) is 5.69. The Labute approximate surface area is 110 Å². The zero-order chi connectivity index (χ0) is 13.5. The molecule has 0 heterocycles. The molecule has 0 spiro atoms. The number of nitrogens with zero attached hydrogens (tertiary/aromatic N) is 1. The average Bonchev–Trinajstić information content (AvgIpc) is 2.34. The van der Waals surface area contributed by atoms with E-state index in [0.29, 0.717) is 13.0 Å². The molecule has 0 fully saturated rings. The number of amides is 1. The van der Waals surface area contributed by atoms with Crippen LogP contribution in [0.2, 0.25) is 0 Å². The van der Waals surface area contributed by atoms with Crippen LogP contribution < -0.4 is 5.73 Å². The highest BCUT2D eigenvalue weighted by Gasteiger charge is 2.17. The van der Waals surface area contributed by atoms with Gasteiger partial charge in [-0.05, 0) is 31.9 Å². The summed E-state index contributed by atoms with van der Waals surface area (Å²) in [5.74, 6) is 0.218. The maximum absolute atomic E-state index is 12.1. The van der Waals surface area contributed by atoms with Gasteiger partial charge in [-0.2, -0.15) is 0 Å². The molecule has 2 N–H and O–H groups in total. The van der Waals surface area contributed by atoms with E-state index in [1.165, 1.54) is 0 Å². The van der Waals surface area contributed by atoms with E-state index in [0.717, 1.165) is 24.1 Å². The number of benzene rings is 1. The van der Waals surface area contributed by atoms with Gasteiger partial charge in [0, 0.05) is 24.7 Å². The SMILES string of the molecule is CCCCC(=O)N(Cc1ccccc1N)C(C)C. The van der Waals surface area contributed by atoms with E-state index in [1.54, 1.807) is 0 Å². The highest BCUT2D eigenvalue weighted by Crippen LogP contribution is 2.16. The van der Waals surface area contributed by atoms with E-state index in [4.69, 9.17) is 5.73 Å². The highest BCUT2D eigenvalue weighted by atomic mass is 16.2. The standard InChI is InChI=1S/C15H24N2O/c1-4-5-10-15(18)17(12(2)3)11-13-8-6-7-9-14(13)16/h6-9,12H,4-5,10-11,16H2,1-3H3. The molecule has 3 nitrogen and oxygen atoms in total. The van der Waals surface area contributed by atoms with Gasteiger partial charge >= 0.3 is 0 Å². The Morgan fingerprint density at radius 3 is 2.56 bits per heavy atom. The van der Waals surface area contributed by atoms with Crippen LogP contribution in [0.5, 0.6) is 0 Å². The summed E-state index contributed by atoms with van der Waals surface area (Å²) in [6.45, 7) is 6.79. The van der Waals surface area contributed by atoms with Crippen molar-refractivity contribution in [3.63, 3.8) is 0 Å². The smallest absolute Gasteiger partial charge is 0.223 e. The Morgan fingerprint density at radius 2 is 2.00 bits per heavy atom. The summed E-state index contributed by atoms with van der Waals surface area (Å²) in [5, 5.41) is 0. The zero-order valence-electron chi connectivity index (χ0n) is 11.6. The van der Waals surface area contributed by atoms with Gasteiger partial charge in [-0.3, -0.25) is 4.79 Å². The predicted octanol–water partition coefficient (Wildman–Crippen LogP) is 3.20. The van der Waals surface area contributed by atoms with E-state index in [-0.39, 0.29) is 11.9 Å². The summed E-state index contributed by atoms with van der Waals surface area (Å²) in [5.41, 5.74) is 7.71. The van der Waals surface area contributed by atoms with Crippen molar-refractivity contribution in [3.05, 3.63) is 29.8 Å². The first-order valence-electron chi connectivity index (χ1n) is 6.69. The molecule has 3 heteroatoms. The zero-order valence-corrected chi connectivity index (χ0v) is 11.6. The van der Waals surface area contributed by atoms with Crippen molar-refractivity contribution < 1.29 is 4.79 Å². The molecule has 0 aromatic heterocycles. The van der Waals surface area contributed by atoms with Crippen molar-refractivity contribution in [2.24, 2.45) is 0 Å². The van der Waals surface area contributed by atoms with Crippen LogP contribution in [0.4, 0.5) is 5.69 Å². The summed E-state index contributed by atoms with van der Waals surface area (Å²) < 4.78 is 0. The Hall–Kier alpha value is -1.51. The summed E-state index contributed by atoms with van der Waals surface area (Å²) in [7, 11) is 0. The number of hydrogen-bond acceptors (Lipinski definition) is 2. The molecule has 100 valence electrons. The fourth-order valence-corrected chi connectivity index (χ4v) is 1.89. The summed E-state index contributed by atoms with van der Waals surface area (Å²) in [6.07, 6.45) is 2.62. The Balaban J connectivity index is 2.75. The second-order valence-electron chi connectivity index (χ2n) is 4.92. The van der Waals surface area contributed by atoms with Crippen molar-refractivity contribution in [2.75, 3.05) is 5.73 Å². The topological polar surface area (TPSA) is 46.3 Å². The lowest BCUT2D eigenvalue weighted by atomic mass is 10.1. The van der Waals surface area contributed by atoms with Gasteiger partial charge in [-0.25, -0.2) is 0 Å². The van der Waals surface area contributed by atoms with Crippen LogP contribution in [0, 0.1) is 0 Å². The van der Waals surface area contributed by atoms with Gasteiger partial charge in [0.25, 0.3) is 0 Å². The minimum Gasteiger partial charge on any atom is -0.398 e. The molecule has 1 amide bonds. The lowest BCUT2D eigenvalue weighted by Crippen LogP contribution is -2.36. The first-order chi connectivity index (χ1) is 8.56. The molecule has 1 rings (SSSR count). The molecule has 18 heavy (non-hydrogen) atoms. The highest BCUT2D eigenvalue weighted by molar-refractivity contribution is 5.76. The summed E-state index contributed by atoms with van der Waals surface area (Å²) >= 11 is 0. The van der Waals surface area contributed by atoms with Crippen LogP contribution in [-0.4, -0.2) is 16.8 Å². The molecule has 0 aliphatic carbocycles. The van der Waals surface area contributed by atoms with Gasteiger partial charge in [-0.15, -0.1) is 0 Å². The molecule has 0 radical (unpaired) electrons. The van der Waals surface area contributed by atoms with Crippen molar-refractivity contribution in [1.29, 1.82) is 0 Å². The molecule has 0 aliphatic rings. The molecule has 0 unspecified atom stereocenters. The van der Waals surface area contributed by atoms with Crippen LogP contribution in [0.3, 0.4) is 0 Å². The van der Waals surface area contributed by atoms with Crippen LogP contribution >= 0.6 is 0 Å². The second-order valence-corrected chi connectivity index (χ2v) is 4.92. The van der Waals surface area contributed by atoms with Gasteiger partial charge in [-0.1, -0.05) is 31.5 Å². The van der Waals surface area contributed by atoms with Crippen molar-refractivity contribution in [3.8, 4) is 0 Å². The molecule has 0 bridgehead atoms. The van der Waals surface area contributed by atoms with Gasteiger partial charge in [0.05, 0.1) is 0 Å². The molecular weight excluding hydrogens is 224 g/mol. The van der Waals surface area contributed by atoms with E-state index >= 15 is 0 Å². The van der Waals surface area contributed by atoms with E-state index in [2.05, 4.69) is 6.92 Å².